The molecule has 0 amide bonds. The average Bonchev–Trinajstić information content (AvgIpc) is 2.38. The molecule has 0 radical (unpaired) electrons. The minimum atomic E-state index is -0.0242. The van der Waals surface area contributed by atoms with Crippen LogP contribution in [0, 0.1) is 6.92 Å². The number of pyridine rings is 1. The predicted molar refractivity (Wildman–Crippen MR) is 83.1 cm³/mol. The van der Waals surface area contributed by atoms with Crippen LogP contribution in [-0.2, 0) is 4.74 Å². The smallest absolute Gasteiger partial charge is 0.0727 e. The van der Waals surface area contributed by atoms with Crippen LogP contribution in [0.15, 0.2) is 24.3 Å². The molecule has 1 fully saturated rings. The monoisotopic (exact) mass is 271 g/mol. The van der Waals surface area contributed by atoms with Crippen LogP contribution < -0.4 is 10.6 Å². The van der Waals surface area contributed by atoms with Crippen LogP contribution in [-0.4, -0.2) is 30.3 Å². The topological polar surface area (TPSA) is 51.4 Å². The van der Waals surface area contributed by atoms with Gasteiger partial charge in [0.1, 0.15) is 0 Å². The third kappa shape index (κ3) is 2.20. The Balaban J connectivity index is 2.21. The number of nitrogen functional groups attached to an aromatic ring is 1. The lowest BCUT2D eigenvalue weighted by atomic mass is 9.99. The van der Waals surface area contributed by atoms with Crippen molar-refractivity contribution in [2.24, 2.45) is 0 Å². The number of hydrogen-bond acceptors (Lipinski definition) is 4. The number of anilines is 2. The number of aryl methyl sites for hydroxylation is 1. The fraction of sp³-hybridized carbons (Fsp3) is 0.438. The fourth-order valence-electron chi connectivity index (χ4n) is 2.88. The van der Waals surface area contributed by atoms with Gasteiger partial charge in [-0.15, -0.1) is 0 Å². The van der Waals surface area contributed by atoms with Gasteiger partial charge in [-0.05, 0) is 45.0 Å². The zero-order valence-electron chi connectivity index (χ0n) is 12.3. The van der Waals surface area contributed by atoms with Crippen LogP contribution in [0.25, 0.3) is 10.9 Å². The normalized spacial score (nSPS) is 18.4. The zero-order valence-corrected chi connectivity index (χ0v) is 12.3. The minimum absolute atomic E-state index is 0.0242. The molecule has 2 N–H and O–H groups in total. The van der Waals surface area contributed by atoms with Crippen LogP contribution in [0.1, 0.15) is 19.5 Å². The number of hydrogen-bond donors (Lipinski definition) is 1. The summed E-state index contributed by atoms with van der Waals surface area (Å²) < 4.78 is 5.62. The summed E-state index contributed by atoms with van der Waals surface area (Å²) in [6, 6.07) is 8.06. The van der Waals surface area contributed by atoms with E-state index in [9.17, 15) is 0 Å². The van der Waals surface area contributed by atoms with Gasteiger partial charge in [0.05, 0.1) is 24.3 Å². The van der Waals surface area contributed by atoms with Crippen molar-refractivity contribution in [3.05, 3.63) is 30.0 Å². The van der Waals surface area contributed by atoms with Gasteiger partial charge >= 0.3 is 0 Å². The summed E-state index contributed by atoms with van der Waals surface area (Å²) in [6.07, 6.45) is 0. The van der Waals surface area contributed by atoms with E-state index in [0.717, 1.165) is 42.0 Å². The first-order chi connectivity index (χ1) is 9.47. The fourth-order valence-corrected chi connectivity index (χ4v) is 2.88. The maximum absolute atomic E-state index is 5.96. The Kier molecular flexibility index (Phi) is 3.05. The predicted octanol–water partition coefficient (Wildman–Crippen LogP) is 2.74. The molecule has 1 aromatic heterocycles. The van der Waals surface area contributed by atoms with Crippen molar-refractivity contribution in [1.29, 1.82) is 0 Å². The summed E-state index contributed by atoms with van der Waals surface area (Å²) in [4.78, 5) is 7.02. The van der Waals surface area contributed by atoms with Crippen LogP contribution >= 0.6 is 0 Å². The zero-order chi connectivity index (χ0) is 14.3. The van der Waals surface area contributed by atoms with Crippen molar-refractivity contribution in [3.63, 3.8) is 0 Å². The Labute approximate surface area is 119 Å². The number of morpholine rings is 1. The van der Waals surface area contributed by atoms with Crippen LogP contribution in [0.4, 0.5) is 11.4 Å². The molecule has 4 heteroatoms. The molecule has 0 unspecified atom stereocenters. The summed E-state index contributed by atoms with van der Waals surface area (Å²) in [5, 5.41) is 1.12. The summed E-state index contributed by atoms with van der Waals surface area (Å²) in [6.45, 7) is 8.83. The van der Waals surface area contributed by atoms with E-state index in [0.29, 0.717) is 0 Å². The molecule has 1 saturated heterocycles. The van der Waals surface area contributed by atoms with Crippen LogP contribution in [0.5, 0.6) is 0 Å². The molecule has 3 rings (SSSR count). The molecule has 0 atom stereocenters. The number of rotatable bonds is 1. The third-order valence-electron chi connectivity index (χ3n) is 3.87. The van der Waals surface area contributed by atoms with Crippen molar-refractivity contribution in [1.82, 2.24) is 4.98 Å². The average molecular weight is 271 g/mol. The van der Waals surface area contributed by atoms with Crippen LogP contribution in [0.3, 0.4) is 0 Å². The highest BCUT2D eigenvalue weighted by atomic mass is 16.5. The van der Waals surface area contributed by atoms with Gasteiger partial charge < -0.3 is 15.4 Å². The van der Waals surface area contributed by atoms with E-state index >= 15 is 0 Å². The number of aromatic nitrogens is 1. The molecule has 1 aliphatic heterocycles. The van der Waals surface area contributed by atoms with Crippen molar-refractivity contribution >= 4 is 22.3 Å². The molecule has 0 spiro atoms. The Morgan fingerprint density at radius 2 is 2.10 bits per heavy atom. The van der Waals surface area contributed by atoms with E-state index < -0.39 is 0 Å². The van der Waals surface area contributed by atoms with E-state index in [4.69, 9.17) is 10.5 Å². The Morgan fingerprint density at radius 1 is 1.30 bits per heavy atom. The highest BCUT2D eigenvalue weighted by Gasteiger charge is 2.31. The Morgan fingerprint density at radius 3 is 2.85 bits per heavy atom. The lowest BCUT2D eigenvalue weighted by Crippen LogP contribution is -2.53. The van der Waals surface area contributed by atoms with E-state index in [1.165, 1.54) is 5.69 Å². The standard InChI is InChI=1S/C16H21N3O/c1-11-8-15(19-6-7-20-10-16(19,2)3)13-9-12(17)4-5-14(13)18-11/h4-5,8-9H,6-7,10,17H2,1-3H3. The van der Waals surface area contributed by atoms with E-state index in [-0.39, 0.29) is 5.54 Å². The second kappa shape index (κ2) is 4.63. The van der Waals surface area contributed by atoms with Gasteiger partial charge in [0.25, 0.3) is 0 Å². The van der Waals surface area contributed by atoms with Gasteiger partial charge in [0.15, 0.2) is 0 Å². The Bertz CT molecular complexity index is 651. The summed E-state index contributed by atoms with van der Waals surface area (Å²) in [7, 11) is 0. The number of ether oxygens (including phenoxy) is 1. The maximum Gasteiger partial charge on any atom is 0.0727 e. The molecule has 0 saturated carbocycles. The van der Waals surface area contributed by atoms with Gasteiger partial charge in [-0.25, -0.2) is 0 Å². The number of benzene rings is 1. The molecule has 0 bridgehead atoms. The second-order valence-corrected chi connectivity index (χ2v) is 6.08. The highest BCUT2D eigenvalue weighted by Crippen LogP contribution is 2.34. The van der Waals surface area contributed by atoms with Crippen LogP contribution in [0.2, 0.25) is 0 Å². The molecular formula is C16H21N3O. The quantitative estimate of drug-likeness (QED) is 0.810. The van der Waals surface area contributed by atoms with Crippen molar-refractivity contribution < 1.29 is 4.74 Å². The van der Waals surface area contributed by atoms with Crippen molar-refractivity contribution in [2.45, 2.75) is 26.3 Å². The summed E-state index contributed by atoms with van der Waals surface area (Å²) in [5.41, 5.74) is 9.93. The molecule has 20 heavy (non-hydrogen) atoms. The first-order valence-electron chi connectivity index (χ1n) is 7.00. The lowest BCUT2D eigenvalue weighted by molar-refractivity contribution is 0.0645. The largest absolute Gasteiger partial charge is 0.399 e. The number of nitrogens with zero attached hydrogens (tertiary/aromatic N) is 2. The Hall–Kier alpha value is -1.81. The second-order valence-electron chi connectivity index (χ2n) is 6.08. The van der Waals surface area contributed by atoms with Crippen molar-refractivity contribution in [3.8, 4) is 0 Å². The summed E-state index contributed by atoms with van der Waals surface area (Å²) in [5.74, 6) is 0. The van der Waals surface area contributed by atoms with Gasteiger partial charge in [0.2, 0.25) is 0 Å². The molecule has 106 valence electrons. The molecule has 2 aromatic rings. The number of fused-ring (bicyclic) bond motifs is 1. The molecule has 4 nitrogen and oxygen atoms in total. The first kappa shape index (κ1) is 13.2. The summed E-state index contributed by atoms with van der Waals surface area (Å²) >= 11 is 0. The van der Waals surface area contributed by atoms with Crippen molar-refractivity contribution in [2.75, 3.05) is 30.4 Å². The highest BCUT2D eigenvalue weighted by molar-refractivity contribution is 5.94. The molecule has 1 aliphatic rings. The van der Waals surface area contributed by atoms with E-state index in [1.54, 1.807) is 0 Å². The SMILES string of the molecule is Cc1cc(N2CCOCC2(C)C)c2cc(N)ccc2n1. The van der Waals surface area contributed by atoms with Gasteiger partial charge in [-0.1, -0.05) is 0 Å². The van der Waals surface area contributed by atoms with Gasteiger partial charge in [-0.2, -0.15) is 0 Å². The minimum Gasteiger partial charge on any atom is -0.399 e. The van der Waals surface area contributed by atoms with Gasteiger partial charge in [-0.3, -0.25) is 4.98 Å². The van der Waals surface area contributed by atoms with E-state index in [2.05, 4.69) is 29.8 Å². The molecule has 2 heterocycles. The lowest BCUT2D eigenvalue weighted by Gasteiger charge is -2.44. The van der Waals surface area contributed by atoms with Gasteiger partial charge in [0, 0.05) is 29.0 Å². The maximum atomic E-state index is 5.96. The molecule has 1 aromatic carbocycles. The molecule has 0 aliphatic carbocycles. The third-order valence-corrected chi connectivity index (χ3v) is 3.87. The molecular weight excluding hydrogens is 250 g/mol. The number of nitrogens with two attached hydrogens (primary N) is 1. The van der Waals surface area contributed by atoms with E-state index in [1.807, 2.05) is 25.1 Å². The first-order valence-corrected chi connectivity index (χ1v) is 7.00.